The lowest BCUT2D eigenvalue weighted by molar-refractivity contribution is 0.158. The van der Waals surface area contributed by atoms with Crippen LogP contribution in [0, 0.1) is 11.3 Å². The number of rotatable bonds is 2. The zero-order chi connectivity index (χ0) is 8.48. The number of hydrogen-bond donors (Lipinski definition) is 1. The maximum Gasteiger partial charge on any atom is 0.0514 e. The van der Waals surface area contributed by atoms with E-state index in [1.165, 1.54) is 19.3 Å². The van der Waals surface area contributed by atoms with E-state index >= 15 is 0 Å². The van der Waals surface area contributed by atoms with Crippen molar-refractivity contribution in [2.45, 2.75) is 52.6 Å². The molecule has 0 amide bonds. The van der Waals surface area contributed by atoms with Gasteiger partial charge in [0.05, 0.1) is 6.10 Å². The maximum absolute atomic E-state index is 9.18. The summed E-state index contributed by atoms with van der Waals surface area (Å²) >= 11 is 0. The Bertz CT molecular complexity index is 127. The molecule has 0 aromatic carbocycles. The Balaban J connectivity index is 2.31. The molecule has 1 N–H and O–H groups in total. The minimum absolute atomic E-state index is 0.103. The van der Waals surface area contributed by atoms with Gasteiger partial charge < -0.3 is 5.11 Å². The average molecular weight is 156 g/mol. The molecule has 2 unspecified atom stereocenters. The third-order valence-corrected chi connectivity index (χ3v) is 2.75. The molecule has 1 saturated carbocycles. The Morgan fingerprint density at radius 2 is 2.18 bits per heavy atom. The highest BCUT2D eigenvalue weighted by Gasteiger charge is 2.30. The average Bonchev–Trinajstić information content (AvgIpc) is 2.08. The predicted octanol–water partition coefficient (Wildman–Crippen LogP) is 2.58. The molecule has 0 bridgehead atoms. The van der Waals surface area contributed by atoms with Gasteiger partial charge in [0.15, 0.2) is 0 Å². The van der Waals surface area contributed by atoms with Crippen LogP contribution in [0.2, 0.25) is 0 Å². The largest absolute Gasteiger partial charge is 0.393 e. The van der Waals surface area contributed by atoms with E-state index in [1.54, 1.807) is 0 Å². The molecule has 1 fully saturated rings. The summed E-state index contributed by atoms with van der Waals surface area (Å²) in [6.07, 6.45) is 4.86. The van der Waals surface area contributed by atoms with Crippen LogP contribution in [-0.4, -0.2) is 11.2 Å². The van der Waals surface area contributed by atoms with Gasteiger partial charge in [0.25, 0.3) is 0 Å². The molecular formula is C10H20O. The van der Waals surface area contributed by atoms with Crippen molar-refractivity contribution in [3.63, 3.8) is 0 Å². The van der Waals surface area contributed by atoms with Crippen molar-refractivity contribution in [2.24, 2.45) is 11.3 Å². The summed E-state index contributed by atoms with van der Waals surface area (Å²) in [4.78, 5) is 0. The Labute approximate surface area is 69.8 Å². The van der Waals surface area contributed by atoms with Crippen LogP contribution in [0.5, 0.6) is 0 Å². The zero-order valence-electron chi connectivity index (χ0n) is 7.93. The van der Waals surface area contributed by atoms with Crippen molar-refractivity contribution in [1.29, 1.82) is 0 Å². The Hall–Kier alpha value is -0.0400. The summed E-state index contributed by atoms with van der Waals surface area (Å²) in [6.45, 7) is 6.55. The smallest absolute Gasteiger partial charge is 0.0514 e. The molecule has 0 radical (unpaired) electrons. The maximum atomic E-state index is 9.18. The molecule has 1 aliphatic rings. The standard InChI is InChI=1S/C10H20O/c1-8(11)6-9-4-5-10(2,3)7-9/h8-9,11H,4-7H2,1-3H3. The van der Waals surface area contributed by atoms with Crippen LogP contribution in [0.25, 0.3) is 0 Å². The highest BCUT2D eigenvalue weighted by atomic mass is 16.3. The van der Waals surface area contributed by atoms with Gasteiger partial charge in [0, 0.05) is 0 Å². The van der Waals surface area contributed by atoms with Crippen LogP contribution >= 0.6 is 0 Å². The van der Waals surface area contributed by atoms with Crippen LogP contribution in [0.1, 0.15) is 46.5 Å². The van der Waals surface area contributed by atoms with Gasteiger partial charge >= 0.3 is 0 Å². The molecule has 0 heterocycles. The van der Waals surface area contributed by atoms with E-state index in [2.05, 4.69) is 13.8 Å². The highest BCUT2D eigenvalue weighted by molar-refractivity contribution is 4.82. The summed E-state index contributed by atoms with van der Waals surface area (Å²) in [5, 5.41) is 9.18. The fourth-order valence-electron chi connectivity index (χ4n) is 2.26. The first kappa shape index (κ1) is 9.05. The zero-order valence-corrected chi connectivity index (χ0v) is 7.93. The molecule has 1 nitrogen and oxygen atoms in total. The van der Waals surface area contributed by atoms with Crippen molar-refractivity contribution in [1.82, 2.24) is 0 Å². The summed E-state index contributed by atoms with van der Waals surface area (Å²) in [7, 11) is 0. The lowest BCUT2D eigenvalue weighted by Gasteiger charge is -2.17. The molecule has 0 aromatic heterocycles. The third kappa shape index (κ3) is 2.82. The number of aliphatic hydroxyl groups is 1. The van der Waals surface area contributed by atoms with Crippen LogP contribution < -0.4 is 0 Å². The van der Waals surface area contributed by atoms with E-state index in [0.717, 1.165) is 12.3 Å². The topological polar surface area (TPSA) is 20.2 Å². The summed E-state index contributed by atoms with van der Waals surface area (Å²) < 4.78 is 0. The minimum atomic E-state index is -0.103. The molecular weight excluding hydrogens is 136 g/mol. The second kappa shape index (κ2) is 3.14. The van der Waals surface area contributed by atoms with E-state index in [0.29, 0.717) is 5.41 Å². The molecule has 0 aromatic rings. The Morgan fingerprint density at radius 1 is 1.55 bits per heavy atom. The van der Waals surface area contributed by atoms with E-state index in [9.17, 15) is 5.11 Å². The van der Waals surface area contributed by atoms with Crippen molar-refractivity contribution < 1.29 is 5.11 Å². The predicted molar refractivity (Wildman–Crippen MR) is 47.4 cm³/mol. The van der Waals surface area contributed by atoms with Crippen LogP contribution in [0.15, 0.2) is 0 Å². The van der Waals surface area contributed by atoms with Crippen molar-refractivity contribution in [2.75, 3.05) is 0 Å². The van der Waals surface area contributed by atoms with E-state index < -0.39 is 0 Å². The molecule has 2 atom stereocenters. The van der Waals surface area contributed by atoms with E-state index in [4.69, 9.17) is 0 Å². The van der Waals surface area contributed by atoms with Crippen LogP contribution in [0.3, 0.4) is 0 Å². The monoisotopic (exact) mass is 156 g/mol. The molecule has 0 saturated heterocycles. The molecule has 11 heavy (non-hydrogen) atoms. The lowest BCUT2D eigenvalue weighted by Crippen LogP contribution is -2.09. The van der Waals surface area contributed by atoms with Gasteiger partial charge in [-0.2, -0.15) is 0 Å². The summed E-state index contributed by atoms with van der Waals surface area (Å²) in [6, 6.07) is 0. The first-order valence-corrected chi connectivity index (χ1v) is 4.68. The minimum Gasteiger partial charge on any atom is -0.393 e. The number of hydrogen-bond acceptors (Lipinski definition) is 1. The Kier molecular flexibility index (Phi) is 2.58. The Morgan fingerprint density at radius 3 is 2.55 bits per heavy atom. The van der Waals surface area contributed by atoms with Crippen molar-refractivity contribution >= 4 is 0 Å². The molecule has 66 valence electrons. The molecule has 0 spiro atoms. The van der Waals surface area contributed by atoms with Gasteiger partial charge in [-0.05, 0) is 43.9 Å². The summed E-state index contributed by atoms with van der Waals surface area (Å²) in [5.74, 6) is 0.782. The summed E-state index contributed by atoms with van der Waals surface area (Å²) in [5.41, 5.74) is 0.541. The van der Waals surface area contributed by atoms with Gasteiger partial charge in [0.2, 0.25) is 0 Å². The molecule has 0 aliphatic heterocycles. The van der Waals surface area contributed by atoms with Crippen LogP contribution in [0.4, 0.5) is 0 Å². The van der Waals surface area contributed by atoms with Crippen molar-refractivity contribution in [3.8, 4) is 0 Å². The second-order valence-electron chi connectivity index (χ2n) is 4.86. The highest BCUT2D eigenvalue weighted by Crippen LogP contribution is 2.42. The molecule has 1 rings (SSSR count). The first-order chi connectivity index (χ1) is 4.99. The van der Waals surface area contributed by atoms with Crippen molar-refractivity contribution in [3.05, 3.63) is 0 Å². The van der Waals surface area contributed by atoms with Crippen LogP contribution in [-0.2, 0) is 0 Å². The van der Waals surface area contributed by atoms with Gasteiger partial charge in [-0.25, -0.2) is 0 Å². The molecule has 1 aliphatic carbocycles. The SMILES string of the molecule is CC(O)CC1CCC(C)(C)C1. The normalized spacial score (nSPS) is 32.2. The van der Waals surface area contributed by atoms with E-state index in [1.807, 2.05) is 6.92 Å². The second-order valence-corrected chi connectivity index (χ2v) is 4.86. The van der Waals surface area contributed by atoms with Gasteiger partial charge in [0.1, 0.15) is 0 Å². The lowest BCUT2D eigenvalue weighted by atomic mass is 9.89. The first-order valence-electron chi connectivity index (χ1n) is 4.68. The third-order valence-electron chi connectivity index (χ3n) is 2.75. The molecule has 1 heteroatoms. The quantitative estimate of drug-likeness (QED) is 0.651. The number of aliphatic hydroxyl groups excluding tert-OH is 1. The fraction of sp³-hybridized carbons (Fsp3) is 1.00. The van der Waals surface area contributed by atoms with Gasteiger partial charge in [-0.3, -0.25) is 0 Å². The van der Waals surface area contributed by atoms with Gasteiger partial charge in [-0.1, -0.05) is 13.8 Å². The fourth-order valence-corrected chi connectivity index (χ4v) is 2.26. The van der Waals surface area contributed by atoms with E-state index in [-0.39, 0.29) is 6.10 Å². The van der Waals surface area contributed by atoms with Gasteiger partial charge in [-0.15, -0.1) is 0 Å².